The minimum absolute atomic E-state index is 0.105. The van der Waals surface area contributed by atoms with Crippen LogP contribution in [-0.4, -0.2) is 6.54 Å². The van der Waals surface area contributed by atoms with Crippen molar-refractivity contribution >= 4 is 31.9 Å². The first kappa shape index (κ1) is 15.7. The number of benzene rings is 2. The van der Waals surface area contributed by atoms with Gasteiger partial charge in [0.15, 0.2) is 0 Å². The largest absolute Gasteiger partial charge is 0.310 e. The van der Waals surface area contributed by atoms with Crippen LogP contribution in [0.4, 0.5) is 4.39 Å². The maximum atomic E-state index is 14.0. The molecular formula is C16H16Br2FN. The maximum Gasteiger partial charge on any atom is 0.127 e. The third-order valence-corrected chi connectivity index (χ3v) is 4.13. The molecule has 106 valence electrons. The van der Waals surface area contributed by atoms with Gasteiger partial charge in [-0.25, -0.2) is 4.39 Å². The molecule has 0 spiro atoms. The molecule has 0 bridgehead atoms. The average Bonchev–Trinajstić information content (AvgIpc) is 2.41. The van der Waals surface area contributed by atoms with Crippen LogP contribution in [-0.2, 0) is 6.42 Å². The number of rotatable bonds is 5. The molecule has 1 unspecified atom stereocenters. The van der Waals surface area contributed by atoms with Crippen molar-refractivity contribution in [3.05, 3.63) is 68.4 Å². The van der Waals surface area contributed by atoms with Gasteiger partial charge in [-0.15, -0.1) is 0 Å². The highest BCUT2D eigenvalue weighted by molar-refractivity contribution is 9.10. The van der Waals surface area contributed by atoms with Crippen LogP contribution < -0.4 is 5.32 Å². The lowest BCUT2D eigenvalue weighted by Crippen LogP contribution is -2.23. The van der Waals surface area contributed by atoms with E-state index in [1.807, 2.05) is 24.3 Å². The van der Waals surface area contributed by atoms with Gasteiger partial charge in [-0.2, -0.15) is 0 Å². The lowest BCUT2D eigenvalue weighted by atomic mass is 9.98. The van der Waals surface area contributed by atoms with Crippen LogP contribution in [0, 0.1) is 5.82 Å². The van der Waals surface area contributed by atoms with Crippen molar-refractivity contribution in [2.24, 2.45) is 0 Å². The number of likely N-dealkylation sites (N-methyl/N-ethyl adjacent to an activating group) is 1. The van der Waals surface area contributed by atoms with Crippen molar-refractivity contribution in [1.29, 1.82) is 0 Å². The molecule has 0 amide bonds. The predicted molar refractivity (Wildman–Crippen MR) is 88.4 cm³/mol. The van der Waals surface area contributed by atoms with Gasteiger partial charge in [0.25, 0.3) is 0 Å². The Hall–Kier alpha value is -0.710. The molecule has 0 aliphatic carbocycles. The molecule has 0 aliphatic heterocycles. The Morgan fingerprint density at radius 1 is 1.10 bits per heavy atom. The van der Waals surface area contributed by atoms with Gasteiger partial charge >= 0.3 is 0 Å². The number of nitrogens with one attached hydrogen (secondary N) is 1. The Bertz CT molecular complexity index is 586. The van der Waals surface area contributed by atoms with E-state index >= 15 is 0 Å². The van der Waals surface area contributed by atoms with E-state index in [2.05, 4.69) is 56.2 Å². The zero-order valence-corrected chi connectivity index (χ0v) is 14.3. The van der Waals surface area contributed by atoms with E-state index in [0.717, 1.165) is 26.6 Å². The fraction of sp³-hybridized carbons (Fsp3) is 0.250. The molecule has 1 nitrogen and oxygen atoms in total. The summed E-state index contributed by atoms with van der Waals surface area (Å²) in [6.07, 6.45) is 0.628. The number of hydrogen-bond acceptors (Lipinski definition) is 1. The quantitative estimate of drug-likeness (QED) is 0.723. The first-order chi connectivity index (χ1) is 9.60. The van der Waals surface area contributed by atoms with Crippen molar-refractivity contribution in [1.82, 2.24) is 5.32 Å². The SMILES string of the molecule is CCNC(Cc1ccc(Br)cc1F)c1cccc(Br)c1. The lowest BCUT2D eigenvalue weighted by molar-refractivity contribution is 0.527. The molecule has 0 heterocycles. The average molecular weight is 401 g/mol. The second kappa shape index (κ2) is 7.34. The van der Waals surface area contributed by atoms with Crippen LogP contribution in [0.25, 0.3) is 0 Å². The monoisotopic (exact) mass is 399 g/mol. The van der Waals surface area contributed by atoms with E-state index in [1.54, 1.807) is 0 Å². The second-order valence-corrected chi connectivity index (χ2v) is 6.44. The summed E-state index contributed by atoms with van der Waals surface area (Å²) in [5.41, 5.74) is 1.88. The van der Waals surface area contributed by atoms with Crippen LogP contribution in [0.5, 0.6) is 0 Å². The fourth-order valence-corrected chi connectivity index (χ4v) is 2.93. The summed E-state index contributed by atoms with van der Waals surface area (Å²) in [7, 11) is 0. The topological polar surface area (TPSA) is 12.0 Å². The smallest absolute Gasteiger partial charge is 0.127 e. The summed E-state index contributed by atoms with van der Waals surface area (Å²) in [6.45, 7) is 2.90. The molecule has 0 saturated carbocycles. The molecule has 1 atom stereocenters. The van der Waals surface area contributed by atoms with Gasteiger partial charge in [0.05, 0.1) is 0 Å². The van der Waals surface area contributed by atoms with Crippen LogP contribution in [0.3, 0.4) is 0 Å². The molecule has 4 heteroatoms. The molecule has 2 aromatic rings. The standard InChI is InChI=1S/C16H16Br2FN/c1-2-20-16(12-4-3-5-13(17)8-12)9-11-6-7-14(18)10-15(11)19/h3-8,10,16,20H,2,9H2,1H3. The van der Waals surface area contributed by atoms with Gasteiger partial charge in [0.2, 0.25) is 0 Å². The molecule has 0 fully saturated rings. The molecule has 0 radical (unpaired) electrons. The highest BCUT2D eigenvalue weighted by atomic mass is 79.9. The van der Waals surface area contributed by atoms with Crippen molar-refractivity contribution in [3.63, 3.8) is 0 Å². The molecule has 20 heavy (non-hydrogen) atoms. The molecule has 0 aliphatic rings. The van der Waals surface area contributed by atoms with Crippen molar-refractivity contribution in [3.8, 4) is 0 Å². The van der Waals surface area contributed by atoms with E-state index in [4.69, 9.17) is 0 Å². The van der Waals surface area contributed by atoms with Crippen LogP contribution in [0.15, 0.2) is 51.4 Å². The van der Waals surface area contributed by atoms with Gasteiger partial charge in [0, 0.05) is 15.0 Å². The van der Waals surface area contributed by atoms with E-state index in [0.29, 0.717) is 6.42 Å². The normalized spacial score (nSPS) is 12.4. The summed E-state index contributed by atoms with van der Waals surface area (Å²) in [5.74, 6) is -0.169. The van der Waals surface area contributed by atoms with E-state index < -0.39 is 0 Å². The molecule has 2 aromatic carbocycles. The van der Waals surface area contributed by atoms with Crippen LogP contribution in [0.2, 0.25) is 0 Å². The second-order valence-electron chi connectivity index (χ2n) is 4.61. The Balaban J connectivity index is 2.25. The third-order valence-electron chi connectivity index (χ3n) is 3.14. The highest BCUT2D eigenvalue weighted by Gasteiger charge is 2.14. The minimum atomic E-state index is -0.169. The molecule has 0 aromatic heterocycles. The summed E-state index contributed by atoms with van der Waals surface area (Å²) in [5, 5.41) is 3.42. The van der Waals surface area contributed by atoms with Gasteiger partial charge in [-0.05, 0) is 48.4 Å². The lowest BCUT2D eigenvalue weighted by Gasteiger charge is -2.19. The van der Waals surface area contributed by atoms with E-state index in [-0.39, 0.29) is 11.9 Å². The Morgan fingerprint density at radius 3 is 2.50 bits per heavy atom. The minimum Gasteiger partial charge on any atom is -0.310 e. The summed E-state index contributed by atoms with van der Waals surface area (Å²) < 4.78 is 15.8. The summed E-state index contributed by atoms with van der Waals surface area (Å²) in [6, 6.07) is 13.5. The first-order valence-corrected chi connectivity index (χ1v) is 8.11. The summed E-state index contributed by atoms with van der Waals surface area (Å²) >= 11 is 6.77. The first-order valence-electron chi connectivity index (χ1n) is 6.53. The molecular weight excluding hydrogens is 385 g/mol. The van der Waals surface area contributed by atoms with Crippen LogP contribution in [0.1, 0.15) is 24.1 Å². The number of hydrogen-bond donors (Lipinski definition) is 1. The van der Waals surface area contributed by atoms with E-state index in [9.17, 15) is 4.39 Å². The Labute approximate surface area is 135 Å². The van der Waals surface area contributed by atoms with Gasteiger partial charge < -0.3 is 5.32 Å². The highest BCUT2D eigenvalue weighted by Crippen LogP contribution is 2.24. The zero-order valence-electron chi connectivity index (χ0n) is 11.2. The van der Waals surface area contributed by atoms with Crippen molar-refractivity contribution < 1.29 is 4.39 Å². The van der Waals surface area contributed by atoms with Crippen molar-refractivity contribution in [2.45, 2.75) is 19.4 Å². The Morgan fingerprint density at radius 2 is 1.85 bits per heavy atom. The number of halogens is 3. The maximum absolute atomic E-state index is 14.0. The fourth-order valence-electron chi connectivity index (χ4n) is 2.18. The van der Waals surface area contributed by atoms with Gasteiger partial charge in [0.1, 0.15) is 5.82 Å². The van der Waals surface area contributed by atoms with Gasteiger partial charge in [-0.1, -0.05) is 57.0 Å². The predicted octanol–water partition coefficient (Wildman–Crippen LogP) is 5.24. The van der Waals surface area contributed by atoms with E-state index in [1.165, 1.54) is 6.07 Å². The molecule has 0 saturated heterocycles. The Kier molecular flexibility index (Phi) is 5.75. The van der Waals surface area contributed by atoms with Crippen molar-refractivity contribution in [2.75, 3.05) is 6.54 Å². The third kappa shape index (κ3) is 4.14. The van der Waals surface area contributed by atoms with Crippen LogP contribution >= 0.6 is 31.9 Å². The molecule has 1 N–H and O–H groups in total. The zero-order chi connectivity index (χ0) is 14.5. The molecule has 2 rings (SSSR count). The summed E-state index contributed by atoms with van der Waals surface area (Å²) in [4.78, 5) is 0. The van der Waals surface area contributed by atoms with Gasteiger partial charge in [-0.3, -0.25) is 0 Å².